The lowest BCUT2D eigenvalue weighted by molar-refractivity contribution is -0.128. The predicted molar refractivity (Wildman–Crippen MR) is 107 cm³/mol. The van der Waals surface area contributed by atoms with E-state index in [0.29, 0.717) is 10.7 Å². The molecule has 1 saturated heterocycles. The zero-order valence-electron chi connectivity index (χ0n) is 15.8. The van der Waals surface area contributed by atoms with Crippen molar-refractivity contribution in [2.24, 2.45) is 0 Å². The summed E-state index contributed by atoms with van der Waals surface area (Å²) < 4.78 is 5.50. The summed E-state index contributed by atoms with van der Waals surface area (Å²) >= 11 is 6.07. The molecule has 0 bridgehead atoms. The Balaban J connectivity index is 1.58. The summed E-state index contributed by atoms with van der Waals surface area (Å²) in [4.78, 5) is 27.8. The average molecular weight is 403 g/mol. The number of carbonyl (C=O) groups excluding carboxylic acids is 2. The number of hydrogen-bond acceptors (Lipinski definition) is 4. The highest BCUT2D eigenvalue weighted by Gasteiger charge is 2.43. The Bertz CT molecular complexity index is 856. The second-order valence-corrected chi connectivity index (χ2v) is 7.28. The lowest BCUT2D eigenvalue weighted by atomic mass is 10.2. The summed E-state index contributed by atoms with van der Waals surface area (Å²) in [6.45, 7) is 3.74. The maximum Gasteiger partial charge on any atom is 0.332 e. The van der Waals surface area contributed by atoms with Gasteiger partial charge in [0.15, 0.2) is 0 Å². The van der Waals surface area contributed by atoms with Gasteiger partial charge in [-0.1, -0.05) is 47.5 Å². The normalized spacial score (nSPS) is 18.1. The first-order valence-corrected chi connectivity index (χ1v) is 9.46. The Hall–Kier alpha value is -2.41. The third-order valence-corrected chi connectivity index (χ3v) is 5.05. The molecule has 0 radical (unpaired) electrons. The number of amides is 3. The number of aliphatic hydroxyl groups excluding tert-OH is 1. The third kappa shape index (κ3) is 4.35. The standard InChI is InChI=1S/C21H23ClN2O4/c1-14-7-9-17(10-8-14)24-15(2)20(26)23(21(24)27)11-18(25)13-28-12-16-5-3-4-6-19(16)22/h3-10,15,18,25H,11-13H2,1-2H3/t15-,18+/m1/s1. The van der Waals surface area contributed by atoms with E-state index in [2.05, 4.69) is 0 Å². The Morgan fingerprint density at radius 2 is 1.82 bits per heavy atom. The first-order chi connectivity index (χ1) is 13.4. The molecule has 1 fully saturated rings. The van der Waals surface area contributed by atoms with Crippen LogP contribution < -0.4 is 4.90 Å². The minimum Gasteiger partial charge on any atom is -0.389 e. The molecule has 3 rings (SSSR count). The number of benzene rings is 2. The van der Waals surface area contributed by atoms with E-state index in [-0.39, 0.29) is 25.7 Å². The topological polar surface area (TPSA) is 70.1 Å². The second kappa shape index (κ2) is 8.73. The number of rotatable bonds is 7. The summed E-state index contributed by atoms with van der Waals surface area (Å²) in [6.07, 6.45) is -0.986. The van der Waals surface area contributed by atoms with Crippen LogP contribution in [0.5, 0.6) is 0 Å². The Morgan fingerprint density at radius 3 is 2.50 bits per heavy atom. The predicted octanol–water partition coefficient (Wildman–Crippen LogP) is 3.38. The minimum atomic E-state index is -0.986. The monoisotopic (exact) mass is 402 g/mol. The number of nitrogens with zero attached hydrogens (tertiary/aromatic N) is 2. The van der Waals surface area contributed by atoms with Crippen LogP contribution in [0.15, 0.2) is 48.5 Å². The highest BCUT2D eigenvalue weighted by Crippen LogP contribution is 2.26. The van der Waals surface area contributed by atoms with Crippen molar-refractivity contribution in [3.05, 3.63) is 64.7 Å². The van der Waals surface area contributed by atoms with E-state index >= 15 is 0 Å². The highest BCUT2D eigenvalue weighted by atomic mass is 35.5. The lowest BCUT2D eigenvalue weighted by Gasteiger charge is -2.21. The van der Waals surface area contributed by atoms with Gasteiger partial charge in [-0.25, -0.2) is 4.79 Å². The maximum atomic E-state index is 12.7. The van der Waals surface area contributed by atoms with Gasteiger partial charge in [0.2, 0.25) is 0 Å². The summed E-state index contributed by atoms with van der Waals surface area (Å²) in [5, 5.41) is 10.8. The molecule has 6 nitrogen and oxygen atoms in total. The van der Waals surface area contributed by atoms with Crippen LogP contribution in [-0.2, 0) is 16.1 Å². The van der Waals surface area contributed by atoms with Crippen LogP contribution in [0.25, 0.3) is 0 Å². The fraction of sp³-hybridized carbons (Fsp3) is 0.333. The number of aryl methyl sites for hydroxylation is 1. The Kier molecular flexibility index (Phi) is 6.34. The first-order valence-electron chi connectivity index (χ1n) is 9.09. The number of ether oxygens (including phenoxy) is 1. The molecule has 1 N–H and O–H groups in total. The zero-order valence-corrected chi connectivity index (χ0v) is 16.6. The summed E-state index contributed by atoms with van der Waals surface area (Å²) in [5.41, 5.74) is 2.53. The molecule has 2 atom stereocenters. The van der Waals surface area contributed by atoms with Crippen LogP contribution in [0.3, 0.4) is 0 Å². The van der Waals surface area contributed by atoms with Crippen molar-refractivity contribution >= 4 is 29.2 Å². The fourth-order valence-electron chi connectivity index (χ4n) is 3.12. The number of carbonyl (C=O) groups is 2. The average Bonchev–Trinajstić information content (AvgIpc) is 2.88. The van der Waals surface area contributed by atoms with Crippen LogP contribution in [-0.4, -0.2) is 47.2 Å². The largest absolute Gasteiger partial charge is 0.389 e. The molecular formula is C21H23ClN2O4. The SMILES string of the molecule is Cc1ccc(N2C(=O)N(C[C@H](O)COCc3ccccc3Cl)C(=O)[C@H]2C)cc1. The number of urea groups is 1. The number of hydrogen-bond donors (Lipinski definition) is 1. The van der Waals surface area contributed by atoms with E-state index in [9.17, 15) is 14.7 Å². The smallest absolute Gasteiger partial charge is 0.332 e. The molecule has 2 aromatic rings. The van der Waals surface area contributed by atoms with E-state index in [1.165, 1.54) is 4.90 Å². The van der Waals surface area contributed by atoms with E-state index in [1.54, 1.807) is 13.0 Å². The molecule has 0 aliphatic carbocycles. The van der Waals surface area contributed by atoms with Crippen molar-refractivity contribution in [3.63, 3.8) is 0 Å². The van der Waals surface area contributed by atoms with Gasteiger partial charge in [-0.2, -0.15) is 0 Å². The number of β-amino-alcohol motifs (C(OH)–C–C–N with tert-alkyl or cyclic N) is 1. The fourth-order valence-corrected chi connectivity index (χ4v) is 3.31. The van der Waals surface area contributed by atoms with Crippen LogP contribution in [0, 0.1) is 6.92 Å². The summed E-state index contributed by atoms with van der Waals surface area (Å²) in [5.74, 6) is -0.337. The van der Waals surface area contributed by atoms with Gasteiger partial charge in [0, 0.05) is 10.7 Å². The van der Waals surface area contributed by atoms with E-state index in [4.69, 9.17) is 16.3 Å². The quantitative estimate of drug-likeness (QED) is 0.721. The van der Waals surface area contributed by atoms with Gasteiger partial charge < -0.3 is 9.84 Å². The molecule has 2 aromatic carbocycles. The van der Waals surface area contributed by atoms with Crippen molar-refractivity contribution in [3.8, 4) is 0 Å². The van der Waals surface area contributed by atoms with E-state index in [1.807, 2.05) is 49.4 Å². The molecule has 0 saturated carbocycles. The zero-order chi connectivity index (χ0) is 20.3. The Labute approximate surface area is 169 Å². The number of anilines is 1. The first kappa shape index (κ1) is 20.3. The summed E-state index contributed by atoms with van der Waals surface area (Å²) in [6, 6.07) is 13.6. The van der Waals surface area contributed by atoms with Gasteiger partial charge >= 0.3 is 6.03 Å². The molecule has 3 amide bonds. The lowest BCUT2D eigenvalue weighted by Crippen LogP contribution is -2.40. The second-order valence-electron chi connectivity index (χ2n) is 6.87. The molecule has 28 heavy (non-hydrogen) atoms. The molecule has 148 valence electrons. The van der Waals surface area contributed by atoms with Gasteiger partial charge in [0.25, 0.3) is 5.91 Å². The maximum absolute atomic E-state index is 12.7. The molecule has 0 spiro atoms. The number of halogens is 1. The molecule has 1 aliphatic rings. The molecule has 0 aromatic heterocycles. The van der Waals surface area contributed by atoms with Crippen molar-refractivity contribution in [2.45, 2.75) is 32.6 Å². The van der Waals surface area contributed by atoms with E-state index in [0.717, 1.165) is 16.0 Å². The van der Waals surface area contributed by atoms with Crippen LogP contribution in [0.2, 0.25) is 5.02 Å². The van der Waals surface area contributed by atoms with Crippen LogP contribution in [0.1, 0.15) is 18.1 Å². The van der Waals surface area contributed by atoms with E-state index < -0.39 is 18.2 Å². The highest BCUT2D eigenvalue weighted by molar-refractivity contribution is 6.31. The van der Waals surface area contributed by atoms with Gasteiger partial charge in [-0.3, -0.25) is 14.6 Å². The minimum absolute atomic E-state index is 0.0127. The van der Waals surface area contributed by atoms with Crippen molar-refractivity contribution < 1.29 is 19.4 Å². The van der Waals surface area contributed by atoms with Crippen molar-refractivity contribution in [1.29, 1.82) is 0 Å². The van der Waals surface area contributed by atoms with Gasteiger partial charge in [0.1, 0.15) is 6.04 Å². The molecule has 7 heteroatoms. The summed E-state index contributed by atoms with van der Waals surface area (Å²) in [7, 11) is 0. The third-order valence-electron chi connectivity index (χ3n) is 4.68. The van der Waals surface area contributed by atoms with Crippen molar-refractivity contribution in [2.75, 3.05) is 18.1 Å². The van der Waals surface area contributed by atoms with Crippen LogP contribution in [0.4, 0.5) is 10.5 Å². The molecule has 1 heterocycles. The van der Waals surface area contributed by atoms with Crippen LogP contribution >= 0.6 is 11.6 Å². The molecule has 1 aliphatic heterocycles. The van der Waals surface area contributed by atoms with Gasteiger partial charge in [-0.15, -0.1) is 0 Å². The van der Waals surface area contributed by atoms with Crippen molar-refractivity contribution in [1.82, 2.24) is 4.90 Å². The number of imide groups is 1. The molecule has 0 unspecified atom stereocenters. The Morgan fingerprint density at radius 1 is 1.14 bits per heavy atom. The van der Waals surface area contributed by atoms with Gasteiger partial charge in [-0.05, 0) is 37.6 Å². The number of aliphatic hydroxyl groups is 1. The molecular weight excluding hydrogens is 380 g/mol. The van der Waals surface area contributed by atoms with Gasteiger partial charge in [0.05, 0.1) is 25.9 Å².